The summed E-state index contributed by atoms with van der Waals surface area (Å²) in [4.78, 5) is 31.9. The van der Waals surface area contributed by atoms with Crippen LogP contribution < -0.4 is 5.56 Å². The molecule has 0 aliphatic heterocycles. The first kappa shape index (κ1) is 9.53. The number of nitrogens with zero attached hydrogens (tertiary/aromatic N) is 2. The van der Waals surface area contributed by atoms with Crippen LogP contribution in [0.4, 0.5) is 0 Å². The van der Waals surface area contributed by atoms with E-state index in [1.807, 2.05) is 0 Å². The quantitative estimate of drug-likeness (QED) is 0.776. The monoisotopic (exact) mass is 223 g/mol. The molecule has 2 aromatic heterocycles. The maximum atomic E-state index is 11.1. The second kappa shape index (κ2) is 3.62. The Hall–Kier alpha value is -2.02. The van der Waals surface area contributed by atoms with Gasteiger partial charge in [0.05, 0.1) is 0 Å². The molecule has 76 valence electrons. The molecule has 0 aromatic carbocycles. The molecule has 2 heterocycles. The summed E-state index contributed by atoms with van der Waals surface area (Å²) in [5, 5.41) is 10.9. The van der Waals surface area contributed by atoms with Gasteiger partial charge in [-0.3, -0.25) is 4.79 Å². The van der Waals surface area contributed by atoms with Crippen LogP contribution in [-0.2, 0) is 0 Å². The van der Waals surface area contributed by atoms with Crippen LogP contribution in [0.5, 0.6) is 0 Å². The molecule has 7 heteroatoms. The van der Waals surface area contributed by atoms with E-state index in [0.717, 1.165) is 6.07 Å². The topological polar surface area (TPSA) is 95.9 Å². The van der Waals surface area contributed by atoms with Crippen LogP contribution in [0.3, 0.4) is 0 Å². The van der Waals surface area contributed by atoms with Gasteiger partial charge in [0.2, 0.25) is 0 Å². The van der Waals surface area contributed by atoms with E-state index in [-0.39, 0.29) is 11.5 Å². The SMILES string of the molecule is O=C(O)c1cc(=O)[nH]c(-c2nccs2)n1. The number of H-pyrrole nitrogens is 1. The number of thiazole rings is 1. The van der Waals surface area contributed by atoms with Gasteiger partial charge in [-0.15, -0.1) is 11.3 Å². The summed E-state index contributed by atoms with van der Waals surface area (Å²) in [7, 11) is 0. The van der Waals surface area contributed by atoms with Gasteiger partial charge < -0.3 is 10.1 Å². The summed E-state index contributed by atoms with van der Waals surface area (Å²) in [6, 6.07) is 0.930. The molecule has 0 spiro atoms. The molecular formula is C8H5N3O3S. The Bertz CT molecular complexity index is 547. The zero-order valence-corrected chi connectivity index (χ0v) is 8.11. The molecule has 2 rings (SSSR count). The van der Waals surface area contributed by atoms with Gasteiger partial charge in [-0.1, -0.05) is 0 Å². The highest BCUT2D eigenvalue weighted by molar-refractivity contribution is 7.12. The fraction of sp³-hybridized carbons (Fsp3) is 0. The number of carboxylic acid groups (broad SMARTS) is 1. The summed E-state index contributed by atoms with van der Waals surface area (Å²) in [5.41, 5.74) is -0.795. The number of rotatable bonds is 2. The van der Waals surface area contributed by atoms with Crippen LogP contribution in [0, 0.1) is 0 Å². The van der Waals surface area contributed by atoms with Crippen LogP contribution in [0.15, 0.2) is 22.4 Å². The number of aromatic amines is 1. The molecule has 0 bridgehead atoms. The van der Waals surface area contributed by atoms with Crippen molar-refractivity contribution in [1.29, 1.82) is 0 Å². The van der Waals surface area contributed by atoms with Crippen molar-refractivity contribution in [3.8, 4) is 10.8 Å². The maximum Gasteiger partial charge on any atom is 0.354 e. The Kier molecular flexibility index (Phi) is 2.30. The molecule has 0 saturated carbocycles. The molecule has 0 unspecified atom stereocenters. The maximum absolute atomic E-state index is 11.1. The number of aromatic carboxylic acids is 1. The van der Waals surface area contributed by atoms with Crippen molar-refractivity contribution in [1.82, 2.24) is 15.0 Å². The standard InChI is InChI=1S/C8H5N3O3S/c12-5-3-4(8(13)14)10-6(11-5)7-9-1-2-15-7/h1-3H,(H,13,14)(H,10,11,12). The van der Waals surface area contributed by atoms with Gasteiger partial charge in [0, 0.05) is 17.6 Å². The molecule has 0 radical (unpaired) electrons. The minimum Gasteiger partial charge on any atom is -0.477 e. The third-order valence-corrected chi connectivity index (χ3v) is 2.38. The lowest BCUT2D eigenvalue weighted by Crippen LogP contribution is -2.13. The molecule has 0 amide bonds. The normalized spacial score (nSPS) is 10.1. The first-order chi connectivity index (χ1) is 7.16. The molecule has 0 atom stereocenters. The third kappa shape index (κ3) is 1.91. The van der Waals surface area contributed by atoms with E-state index in [2.05, 4.69) is 15.0 Å². The van der Waals surface area contributed by atoms with Gasteiger partial charge in [0.15, 0.2) is 16.5 Å². The third-order valence-electron chi connectivity index (χ3n) is 1.60. The first-order valence-electron chi connectivity index (χ1n) is 3.91. The Morgan fingerprint density at radius 1 is 1.53 bits per heavy atom. The zero-order chi connectivity index (χ0) is 10.8. The van der Waals surface area contributed by atoms with Crippen LogP contribution in [0.25, 0.3) is 10.8 Å². The summed E-state index contributed by atoms with van der Waals surface area (Å²) < 4.78 is 0. The van der Waals surface area contributed by atoms with Crippen molar-refractivity contribution in [3.05, 3.63) is 33.7 Å². The zero-order valence-electron chi connectivity index (χ0n) is 7.30. The highest BCUT2D eigenvalue weighted by Crippen LogP contribution is 2.15. The van der Waals surface area contributed by atoms with E-state index in [1.54, 1.807) is 11.6 Å². The van der Waals surface area contributed by atoms with Crippen molar-refractivity contribution in [3.63, 3.8) is 0 Å². The molecule has 0 aliphatic carbocycles. The number of hydrogen-bond donors (Lipinski definition) is 2. The van der Waals surface area contributed by atoms with Gasteiger partial charge in [0.1, 0.15) is 0 Å². The first-order valence-corrected chi connectivity index (χ1v) is 4.79. The number of carbonyl (C=O) groups is 1. The lowest BCUT2D eigenvalue weighted by Gasteiger charge is -1.96. The molecule has 0 saturated heterocycles. The summed E-state index contributed by atoms with van der Waals surface area (Å²) in [6.07, 6.45) is 1.55. The van der Waals surface area contributed by atoms with E-state index < -0.39 is 11.5 Å². The lowest BCUT2D eigenvalue weighted by atomic mass is 10.4. The van der Waals surface area contributed by atoms with E-state index in [4.69, 9.17) is 5.11 Å². The van der Waals surface area contributed by atoms with Gasteiger partial charge in [-0.25, -0.2) is 14.8 Å². The molecule has 2 N–H and O–H groups in total. The van der Waals surface area contributed by atoms with E-state index in [9.17, 15) is 9.59 Å². The van der Waals surface area contributed by atoms with E-state index >= 15 is 0 Å². The van der Waals surface area contributed by atoms with Crippen LogP contribution in [-0.4, -0.2) is 26.0 Å². The van der Waals surface area contributed by atoms with Crippen LogP contribution in [0.1, 0.15) is 10.5 Å². The number of carboxylic acids is 1. The van der Waals surface area contributed by atoms with Crippen molar-refractivity contribution >= 4 is 17.3 Å². The Balaban J connectivity index is 2.59. The van der Waals surface area contributed by atoms with E-state index in [0.29, 0.717) is 5.01 Å². The van der Waals surface area contributed by atoms with Gasteiger partial charge in [0.25, 0.3) is 5.56 Å². The molecule has 0 aliphatic rings. The molecule has 6 nitrogen and oxygen atoms in total. The number of hydrogen-bond acceptors (Lipinski definition) is 5. The Morgan fingerprint density at radius 2 is 2.33 bits per heavy atom. The average molecular weight is 223 g/mol. The fourth-order valence-electron chi connectivity index (χ4n) is 1.01. The van der Waals surface area contributed by atoms with Gasteiger partial charge >= 0.3 is 5.97 Å². The predicted molar refractivity (Wildman–Crippen MR) is 52.9 cm³/mol. The summed E-state index contributed by atoms with van der Waals surface area (Å²) in [5.74, 6) is -1.06. The van der Waals surface area contributed by atoms with Crippen LogP contribution in [0.2, 0.25) is 0 Å². The van der Waals surface area contributed by atoms with Crippen molar-refractivity contribution in [2.45, 2.75) is 0 Å². The fourth-order valence-corrected chi connectivity index (χ4v) is 1.59. The lowest BCUT2D eigenvalue weighted by molar-refractivity contribution is 0.0690. The summed E-state index contributed by atoms with van der Waals surface area (Å²) in [6.45, 7) is 0. The highest BCUT2D eigenvalue weighted by atomic mass is 32.1. The molecule has 15 heavy (non-hydrogen) atoms. The van der Waals surface area contributed by atoms with E-state index in [1.165, 1.54) is 11.3 Å². The Morgan fingerprint density at radius 3 is 2.93 bits per heavy atom. The summed E-state index contributed by atoms with van der Waals surface area (Å²) >= 11 is 1.27. The second-order valence-electron chi connectivity index (χ2n) is 2.62. The molecular weight excluding hydrogens is 218 g/mol. The predicted octanol–water partition coefficient (Wildman–Crippen LogP) is 0.592. The highest BCUT2D eigenvalue weighted by Gasteiger charge is 2.10. The second-order valence-corrected chi connectivity index (χ2v) is 3.52. The number of aromatic nitrogens is 3. The minimum atomic E-state index is -1.24. The average Bonchev–Trinajstić information content (AvgIpc) is 2.69. The largest absolute Gasteiger partial charge is 0.477 e. The van der Waals surface area contributed by atoms with Gasteiger partial charge in [-0.2, -0.15) is 0 Å². The smallest absolute Gasteiger partial charge is 0.354 e. The van der Waals surface area contributed by atoms with Crippen molar-refractivity contribution in [2.75, 3.05) is 0 Å². The Labute approximate surface area is 87.3 Å². The number of nitrogens with one attached hydrogen (secondary N) is 1. The van der Waals surface area contributed by atoms with Crippen molar-refractivity contribution < 1.29 is 9.90 Å². The minimum absolute atomic E-state index is 0.176. The molecule has 0 fully saturated rings. The van der Waals surface area contributed by atoms with Crippen LogP contribution >= 0.6 is 11.3 Å². The van der Waals surface area contributed by atoms with Crippen molar-refractivity contribution in [2.24, 2.45) is 0 Å². The molecule has 2 aromatic rings. The van der Waals surface area contributed by atoms with Gasteiger partial charge in [-0.05, 0) is 0 Å².